The van der Waals surface area contributed by atoms with Crippen molar-refractivity contribution in [3.8, 4) is 0 Å². The highest BCUT2D eigenvalue weighted by atomic mass is 32.1. The molecule has 0 radical (unpaired) electrons. The second kappa shape index (κ2) is 6.35. The number of nitrogens with one attached hydrogen (secondary N) is 1. The Morgan fingerprint density at radius 2 is 2.32 bits per heavy atom. The van der Waals surface area contributed by atoms with Crippen LogP contribution < -0.4 is 5.32 Å². The molecule has 3 rings (SSSR count). The average molecular weight is 280 g/mol. The van der Waals surface area contributed by atoms with Gasteiger partial charge in [-0.3, -0.25) is 4.90 Å². The van der Waals surface area contributed by atoms with E-state index < -0.39 is 0 Å². The Morgan fingerprint density at radius 1 is 1.42 bits per heavy atom. The standard InChI is InChI=1S/C15H24N2OS/c1-16-15-6-7-18-11-12(15)9-17(13-4-5-13)10-14-3-2-8-19-14/h2-3,8,12-13,15-16H,4-7,9-11H2,1H3. The van der Waals surface area contributed by atoms with Gasteiger partial charge in [0.05, 0.1) is 6.61 Å². The highest BCUT2D eigenvalue weighted by Gasteiger charge is 2.33. The van der Waals surface area contributed by atoms with E-state index in [4.69, 9.17) is 4.74 Å². The van der Waals surface area contributed by atoms with Gasteiger partial charge in [-0.05, 0) is 37.8 Å². The van der Waals surface area contributed by atoms with E-state index in [2.05, 4.69) is 34.8 Å². The normalized spacial score (nSPS) is 27.9. The number of thiophene rings is 1. The SMILES string of the molecule is CNC1CCOCC1CN(Cc1cccs1)C1CC1. The van der Waals surface area contributed by atoms with Crippen LogP contribution in [0, 0.1) is 5.92 Å². The summed E-state index contributed by atoms with van der Waals surface area (Å²) in [7, 11) is 2.09. The smallest absolute Gasteiger partial charge is 0.0521 e. The van der Waals surface area contributed by atoms with Gasteiger partial charge in [0.1, 0.15) is 0 Å². The molecule has 2 atom stereocenters. The molecule has 2 aliphatic rings. The summed E-state index contributed by atoms with van der Waals surface area (Å²) in [4.78, 5) is 4.17. The highest BCUT2D eigenvalue weighted by Crippen LogP contribution is 2.31. The van der Waals surface area contributed by atoms with Crippen molar-refractivity contribution in [3.05, 3.63) is 22.4 Å². The van der Waals surface area contributed by atoms with E-state index in [1.807, 2.05) is 11.3 Å². The van der Waals surface area contributed by atoms with Crippen LogP contribution in [0.2, 0.25) is 0 Å². The Hall–Kier alpha value is -0.420. The largest absolute Gasteiger partial charge is 0.381 e. The molecule has 1 aliphatic carbocycles. The van der Waals surface area contributed by atoms with Crippen molar-refractivity contribution in [1.29, 1.82) is 0 Å². The fourth-order valence-electron chi connectivity index (χ4n) is 3.04. The van der Waals surface area contributed by atoms with Gasteiger partial charge in [-0.2, -0.15) is 0 Å². The number of hydrogen-bond donors (Lipinski definition) is 1. The van der Waals surface area contributed by atoms with Gasteiger partial charge in [-0.1, -0.05) is 6.07 Å². The highest BCUT2D eigenvalue weighted by molar-refractivity contribution is 7.09. The zero-order valence-electron chi connectivity index (χ0n) is 11.7. The monoisotopic (exact) mass is 280 g/mol. The van der Waals surface area contributed by atoms with E-state index in [-0.39, 0.29) is 0 Å². The Labute approximate surface area is 119 Å². The first-order valence-electron chi connectivity index (χ1n) is 7.38. The van der Waals surface area contributed by atoms with Gasteiger partial charge in [0.15, 0.2) is 0 Å². The van der Waals surface area contributed by atoms with Gasteiger partial charge in [0.25, 0.3) is 0 Å². The number of nitrogens with zero attached hydrogens (tertiary/aromatic N) is 1. The van der Waals surface area contributed by atoms with Crippen molar-refractivity contribution in [2.24, 2.45) is 5.92 Å². The van der Waals surface area contributed by atoms with Crippen LogP contribution in [0.1, 0.15) is 24.1 Å². The van der Waals surface area contributed by atoms with Crippen LogP contribution in [-0.4, -0.2) is 43.8 Å². The van der Waals surface area contributed by atoms with Crippen molar-refractivity contribution in [1.82, 2.24) is 10.2 Å². The van der Waals surface area contributed by atoms with Crippen LogP contribution in [0.4, 0.5) is 0 Å². The summed E-state index contributed by atoms with van der Waals surface area (Å²) < 4.78 is 5.69. The Bertz CT molecular complexity index is 378. The molecular formula is C15H24N2OS. The molecule has 3 nitrogen and oxygen atoms in total. The Morgan fingerprint density at radius 3 is 3.00 bits per heavy atom. The fourth-order valence-corrected chi connectivity index (χ4v) is 3.77. The summed E-state index contributed by atoms with van der Waals surface area (Å²) in [6.07, 6.45) is 3.91. The van der Waals surface area contributed by atoms with Gasteiger partial charge in [-0.15, -0.1) is 11.3 Å². The average Bonchev–Trinajstić information content (AvgIpc) is 3.17. The first-order valence-corrected chi connectivity index (χ1v) is 8.26. The minimum absolute atomic E-state index is 0.623. The summed E-state index contributed by atoms with van der Waals surface area (Å²) in [6, 6.07) is 5.86. The Kier molecular flexibility index (Phi) is 4.53. The molecule has 19 heavy (non-hydrogen) atoms. The van der Waals surface area contributed by atoms with Crippen LogP contribution >= 0.6 is 11.3 Å². The molecule has 1 N–H and O–H groups in total. The molecule has 0 bridgehead atoms. The van der Waals surface area contributed by atoms with Gasteiger partial charge >= 0.3 is 0 Å². The third kappa shape index (κ3) is 3.57. The molecule has 0 aromatic carbocycles. The van der Waals surface area contributed by atoms with Crippen LogP contribution in [0.15, 0.2) is 17.5 Å². The maximum absolute atomic E-state index is 5.69. The summed E-state index contributed by atoms with van der Waals surface area (Å²) in [5.74, 6) is 0.638. The quantitative estimate of drug-likeness (QED) is 0.865. The first-order chi connectivity index (χ1) is 9.36. The topological polar surface area (TPSA) is 24.5 Å². The van der Waals surface area contributed by atoms with Gasteiger partial charge < -0.3 is 10.1 Å². The summed E-state index contributed by atoms with van der Waals surface area (Å²) in [5.41, 5.74) is 0. The van der Waals surface area contributed by atoms with Gasteiger partial charge in [0.2, 0.25) is 0 Å². The van der Waals surface area contributed by atoms with E-state index in [1.165, 1.54) is 24.3 Å². The summed E-state index contributed by atoms with van der Waals surface area (Å²) in [6.45, 7) is 4.12. The maximum atomic E-state index is 5.69. The van der Waals surface area contributed by atoms with Crippen LogP contribution in [0.3, 0.4) is 0 Å². The van der Waals surface area contributed by atoms with E-state index in [1.54, 1.807) is 0 Å². The third-order valence-corrected chi connectivity index (χ3v) is 5.18. The van der Waals surface area contributed by atoms with Crippen LogP contribution in [0.5, 0.6) is 0 Å². The zero-order chi connectivity index (χ0) is 13.1. The molecule has 2 heterocycles. The van der Waals surface area contributed by atoms with Crippen LogP contribution in [0.25, 0.3) is 0 Å². The molecule has 1 aromatic rings. The van der Waals surface area contributed by atoms with E-state index in [0.717, 1.165) is 32.2 Å². The molecular weight excluding hydrogens is 256 g/mol. The van der Waals surface area contributed by atoms with Gasteiger partial charge in [0, 0.05) is 42.6 Å². The van der Waals surface area contributed by atoms with Crippen molar-refractivity contribution in [2.45, 2.75) is 37.9 Å². The Balaban J connectivity index is 1.60. The molecule has 2 unspecified atom stereocenters. The molecule has 1 aliphatic heterocycles. The fraction of sp³-hybridized carbons (Fsp3) is 0.733. The lowest BCUT2D eigenvalue weighted by atomic mass is 9.95. The molecule has 2 fully saturated rings. The molecule has 0 amide bonds. The number of rotatable bonds is 6. The lowest BCUT2D eigenvalue weighted by molar-refractivity contribution is 0.0161. The van der Waals surface area contributed by atoms with E-state index in [0.29, 0.717) is 12.0 Å². The van der Waals surface area contributed by atoms with Crippen molar-refractivity contribution < 1.29 is 4.74 Å². The maximum Gasteiger partial charge on any atom is 0.0521 e. The predicted octanol–water partition coefficient (Wildman–Crippen LogP) is 2.34. The molecule has 1 saturated carbocycles. The van der Waals surface area contributed by atoms with Crippen LogP contribution in [-0.2, 0) is 11.3 Å². The summed E-state index contributed by atoms with van der Waals surface area (Å²) >= 11 is 1.88. The number of ether oxygens (including phenoxy) is 1. The van der Waals surface area contributed by atoms with E-state index in [9.17, 15) is 0 Å². The number of hydrogen-bond acceptors (Lipinski definition) is 4. The molecule has 4 heteroatoms. The van der Waals surface area contributed by atoms with Crippen molar-refractivity contribution in [2.75, 3.05) is 26.8 Å². The minimum atomic E-state index is 0.623. The lowest BCUT2D eigenvalue weighted by Gasteiger charge is -2.35. The molecule has 0 spiro atoms. The molecule has 1 aromatic heterocycles. The van der Waals surface area contributed by atoms with Crippen molar-refractivity contribution in [3.63, 3.8) is 0 Å². The molecule has 1 saturated heterocycles. The molecule has 106 valence electrons. The summed E-state index contributed by atoms with van der Waals surface area (Å²) in [5, 5.41) is 5.65. The lowest BCUT2D eigenvalue weighted by Crippen LogP contribution is -2.46. The second-order valence-corrected chi connectivity index (χ2v) is 6.79. The van der Waals surface area contributed by atoms with Gasteiger partial charge in [-0.25, -0.2) is 0 Å². The second-order valence-electron chi connectivity index (χ2n) is 5.76. The zero-order valence-corrected chi connectivity index (χ0v) is 12.5. The van der Waals surface area contributed by atoms with Crippen molar-refractivity contribution >= 4 is 11.3 Å². The predicted molar refractivity (Wildman–Crippen MR) is 79.5 cm³/mol. The first kappa shape index (κ1) is 13.6. The van der Waals surface area contributed by atoms with E-state index >= 15 is 0 Å². The minimum Gasteiger partial charge on any atom is -0.381 e. The third-order valence-electron chi connectivity index (χ3n) is 4.32.